The molecular weight excluding hydrogens is 294 g/mol. The maximum Gasteiger partial charge on any atom is 0.319 e. The van der Waals surface area contributed by atoms with E-state index in [1.165, 1.54) is 6.08 Å². The van der Waals surface area contributed by atoms with E-state index in [-0.39, 0.29) is 5.57 Å². The van der Waals surface area contributed by atoms with Crippen molar-refractivity contribution in [3.63, 3.8) is 0 Å². The number of amides is 3. The monoisotopic (exact) mass is 307 g/mol. The van der Waals surface area contributed by atoms with Gasteiger partial charge in [0.15, 0.2) is 0 Å². The number of benzene rings is 2. The molecule has 3 N–H and O–H groups in total. The number of hydrogen-bond acceptors (Lipinski definition) is 4. The Balaban J connectivity index is 2.21. The number of para-hydroxylation sites is 1. The summed E-state index contributed by atoms with van der Waals surface area (Å²) in [5, 5.41) is 10.9. The lowest BCUT2D eigenvalue weighted by Crippen LogP contribution is -2.35. The number of hydrogen-bond donors (Lipinski definition) is 2. The molecular formula is C17H13N3O3. The smallest absolute Gasteiger partial charge is 0.319 e. The number of carbonyl (C=O) groups excluding carboxylic acids is 2. The van der Waals surface area contributed by atoms with E-state index in [9.17, 15) is 9.59 Å². The van der Waals surface area contributed by atoms with Gasteiger partial charge in [-0.3, -0.25) is 10.1 Å². The second kappa shape index (κ2) is 7.43. The normalized spacial score (nSPS) is 10.5. The zero-order valence-electron chi connectivity index (χ0n) is 12.0. The fourth-order valence-electron chi connectivity index (χ4n) is 1.79. The van der Waals surface area contributed by atoms with Crippen LogP contribution in [0, 0.1) is 11.3 Å². The van der Waals surface area contributed by atoms with Crippen LogP contribution in [-0.4, -0.2) is 11.9 Å². The van der Waals surface area contributed by atoms with Gasteiger partial charge in [-0.1, -0.05) is 30.3 Å². The van der Waals surface area contributed by atoms with E-state index in [0.717, 1.165) is 0 Å². The Kier molecular flexibility index (Phi) is 5.10. The average molecular weight is 307 g/mol. The van der Waals surface area contributed by atoms with Crippen LogP contribution in [-0.2, 0) is 4.79 Å². The van der Waals surface area contributed by atoms with Crippen molar-refractivity contribution in [2.75, 3.05) is 0 Å². The first-order valence-electron chi connectivity index (χ1n) is 6.64. The van der Waals surface area contributed by atoms with Crippen LogP contribution in [0.3, 0.4) is 0 Å². The predicted octanol–water partition coefficient (Wildman–Crippen LogP) is 2.58. The SMILES string of the molecule is N#CC(=Cc1cccc(Oc2ccccc2)c1)C(=O)NC(N)=O. The number of imide groups is 1. The van der Waals surface area contributed by atoms with Crippen molar-refractivity contribution in [2.45, 2.75) is 0 Å². The Bertz CT molecular complexity index is 792. The van der Waals surface area contributed by atoms with Crippen LogP contribution in [0.1, 0.15) is 5.56 Å². The number of nitriles is 1. The number of carbonyl (C=O) groups is 2. The van der Waals surface area contributed by atoms with E-state index in [1.54, 1.807) is 30.3 Å². The van der Waals surface area contributed by atoms with Crippen LogP contribution < -0.4 is 15.8 Å². The van der Waals surface area contributed by atoms with Gasteiger partial charge in [0.25, 0.3) is 5.91 Å². The van der Waals surface area contributed by atoms with Crippen molar-refractivity contribution in [3.8, 4) is 17.6 Å². The molecule has 0 atom stereocenters. The van der Waals surface area contributed by atoms with E-state index < -0.39 is 11.9 Å². The van der Waals surface area contributed by atoms with Gasteiger partial charge in [-0.2, -0.15) is 5.26 Å². The third-order valence-electron chi connectivity index (χ3n) is 2.75. The van der Waals surface area contributed by atoms with E-state index >= 15 is 0 Å². The first-order chi connectivity index (χ1) is 11.1. The van der Waals surface area contributed by atoms with Crippen LogP contribution >= 0.6 is 0 Å². The summed E-state index contributed by atoms with van der Waals surface area (Å²) in [5.74, 6) is 0.368. The molecule has 0 aliphatic heterocycles. The molecule has 0 aliphatic rings. The summed E-state index contributed by atoms with van der Waals surface area (Å²) >= 11 is 0. The van der Waals surface area contributed by atoms with E-state index in [2.05, 4.69) is 0 Å². The van der Waals surface area contributed by atoms with Gasteiger partial charge in [-0.05, 0) is 35.9 Å². The molecule has 0 saturated carbocycles. The molecule has 6 heteroatoms. The molecule has 2 aromatic carbocycles. The summed E-state index contributed by atoms with van der Waals surface area (Å²) in [6, 6.07) is 16.7. The second-order valence-corrected chi connectivity index (χ2v) is 4.48. The van der Waals surface area contributed by atoms with Crippen LogP contribution in [0.25, 0.3) is 6.08 Å². The first-order valence-corrected chi connectivity index (χ1v) is 6.64. The van der Waals surface area contributed by atoms with Gasteiger partial charge >= 0.3 is 6.03 Å². The lowest BCUT2D eigenvalue weighted by atomic mass is 10.1. The highest BCUT2D eigenvalue weighted by Crippen LogP contribution is 2.22. The van der Waals surface area contributed by atoms with Gasteiger partial charge in [0.1, 0.15) is 23.1 Å². The Hall–Kier alpha value is -3.59. The van der Waals surface area contributed by atoms with E-state index in [4.69, 9.17) is 15.7 Å². The Labute approximate surface area is 132 Å². The predicted molar refractivity (Wildman–Crippen MR) is 84.3 cm³/mol. The van der Waals surface area contributed by atoms with Gasteiger partial charge in [-0.15, -0.1) is 0 Å². The number of primary amides is 1. The fraction of sp³-hybridized carbons (Fsp3) is 0. The molecule has 0 aromatic heterocycles. The molecule has 3 amide bonds. The Morgan fingerprint density at radius 2 is 1.78 bits per heavy atom. The molecule has 2 aromatic rings. The molecule has 0 bridgehead atoms. The molecule has 6 nitrogen and oxygen atoms in total. The third-order valence-corrected chi connectivity index (χ3v) is 2.75. The molecule has 0 fully saturated rings. The second-order valence-electron chi connectivity index (χ2n) is 4.48. The maximum absolute atomic E-state index is 11.6. The summed E-state index contributed by atoms with van der Waals surface area (Å²) < 4.78 is 5.67. The maximum atomic E-state index is 11.6. The standard InChI is InChI=1S/C17H13N3O3/c18-11-13(16(21)20-17(19)22)9-12-5-4-8-15(10-12)23-14-6-2-1-3-7-14/h1-10H,(H3,19,20,21,22). The number of nitrogens with two attached hydrogens (primary N) is 1. The molecule has 114 valence electrons. The molecule has 0 aliphatic carbocycles. The number of urea groups is 1. The summed E-state index contributed by atoms with van der Waals surface area (Å²) in [5.41, 5.74) is 5.20. The largest absolute Gasteiger partial charge is 0.457 e. The van der Waals surface area contributed by atoms with Gasteiger partial charge in [0.05, 0.1) is 0 Å². The van der Waals surface area contributed by atoms with Crippen LogP contribution in [0.4, 0.5) is 4.79 Å². The van der Waals surface area contributed by atoms with Gasteiger partial charge in [0, 0.05) is 0 Å². The lowest BCUT2D eigenvalue weighted by molar-refractivity contribution is -0.115. The van der Waals surface area contributed by atoms with Crippen molar-refractivity contribution in [2.24, 2.45) is 5.73 Å². The fourth-order valence-corrected chi connectivity index (χ4v) is 1.79. The number of ether oxygens (including phenoxy) is 1. The van der Waals surface area contributed by atoms with Crippen molar-refractivity contribution >= 4 is 18.0 Å². The van der Waals surface area contributed by atoms with Crippen LogP contribution in [0.5, 0.6) is 11.5 Å². The minimum atomic E-state index is -1.02. The molecule has 0 saturated heterocycles. The molecule has 0 heterocycles. The van der Waals surface area contributed by atoms with Crippen LogP contribution in [0.15, 0.2) is 60.2 Å². The topological polar surface area (TPSA) is 105 Å². The summed E-state index contributed by atoms with van der Waals surface area (Å²) in [6.07, 6.45) is 1.34. The van der Waals surface area contributed by atoms with E-state index in [1.807, 2.05) is 35.6 Å². The minimum Gasteiger partial charge on any atom is -0.457 e. The van der Waals surface area contributed by atoms with Crippen LogP contribution in [0.2, 0.25) is 0 Å². The third kappa shape index (κ3) is 4.72. The van der Waals surface area contributed by atoms with E-state index in [0.29, 0.717) is 17.1 Å². The van der Waals surface area contributed by atoms with Gasteiger partial charge < -0.3 is 10.5 Å². The number of rotatable bonds is 4. The minimum absolute atomic E-state index is 0.235. The number of nitrogens with one attached hydrogen (secondary N) is 1. The molecule has 0 radical (unpaired) electrons. The first kappa shape index (κ1) is 15.8. The zero-order chi connectivity index (χ0) is 16.7. The Morgan fingerprint density at radius 3 is 2.43 bits per heavy atom. The average Bonchev–Trinajstić information content (AvgIpc) is 2.53. The quantitative estimate of drug-likeness (QED) is 0.669. The van der Waals surface area contributed by atoms with Crippen molar-refractivity contribution in [1.29, 1.82) is 5.26 Å². The summed E-state index contributed by atoms with van der Waals surface area (Å²) in [7, 11) is 0. The molecule has 0 spiro atoms. The molecule has 2 rings (SSSR count). The summed E-state index contributed by atoms with van der Waals surface area (Å²) in [6.45, 7) is 0. The Morgan fingerprint density at radius 1 is 1.09 bits per heavy atom. The highest BCUT2D eigenvalue weighted by molar-refractivity contribution is 6.08. The molecule has 0 unspecified atom stereocenters. The summed E-state index contributed by atoms with van der Waals surface area (Å²) in [4.78, 5) is 22.3. The van der Waals surface area contributed by atoms with Crippen molar-refractivity contribution in [1.82, 2.24) is 5.32 Å². The van der Waals surface area contributed by atoms with Crippen molar-refractivity contribution in [3.05, 3.63) is 65.7 Å². The van der Waals surface area contributed by atoms with Crippen molar-refractivity contribution < 1.29 is 14.3 Å². The zero-order valence-corrected chi connectivity index (χ0v) is 12.0. The highest BCUT2D eigenvalue weighted by atomic mass is 16.5. The highest BCUT2D eigenvalue weighted by Gasteiger charge is 2.11. The number of nitrogens with zero attached hydrogens (tertiary/aromatic N) is 1. The lowest BCUT2D eigenvalue weighted by Gasteiger charge is -2.06. The van der Waals surface area contributed by atoms with Gasteiger partial charge in [0.2, 0.25) is 0 Å². The molecule has 23 heavy (non-hydrogen) atoms. The van der Waals surface area contributed by atoms with Gasteiger partial charge in [-0.25, -0.2) is 4.79 Å².